The third-order valence-electron chi connectivity index (χ3n) is 2.94. The first-order chi connectivity index (χ1) is 9.16. The van der Waals surface area contributed by atoms with Gasteiger partial charge in [-0.25, -0.2) is 0 Å². The average molecular weight is 330 g/mol. The average Bonchev–Trinajstić information content (AvgIpc) is 2.38. The van der Waals surface area contributed by atoms with Crippen LogP contribution in [0.25, 0.3) is 10.9 Å². The van der Waals surface area contributed by atoms with Gasteiger partial charge in [0, 0.05) is 30.6 Å². The smallest absolute Gasteiger partial charge is 0.221 e. The van der Waals surface area contributed by atoms with Crippen LogP contribution in [0.15, 0.2) is 36.5 Å². The Balaban J connectivity index is 0.00000200. The predicted octanol–water partition coefficient (Wildman–Crippen LogP) is 2.47. The largest absolute Gasteiger partial charge is 0.356 e. The molecule has 1 atom stereocenters. The molecular weight excluding hydrogens is 309 g/mol. The van der Waals surface area contributed by atoms with Crippen LogP contribution in [0.4, 0.5) is 0 Å². The molecule has 2 aromatic rings. The van der Waals surface area contributed by atoms with Crippen molar-refractivity contribution in [2.75, 3.05) is 6.54 Å². The molecule has 2 rings (SSSR count). The monoisotopic (exact) mass is 329 g/mol. The SMILES string of the molecule is CC(N)CC(=O)NCCc1cccc2cccnc12.Cl.Cl. The fourth-order valence-electron chi connectivity index (χ4n) is 2.07. The molecule has 1 unspecified atom stereocenters. The highest BCUT2D eigenvalue weighted by Crippen LogP contribution is 2.15. The molecule has 0 aliphatic heterocycles. The number of benzene rings is 1. The fraction of sp³-hybridized carbons (Fsp3) is 0.333. The van der Waals surface area contributed by atoms with E-state index in [0.717, 1.165) is 22.9 Å². The van der Waals surface area contributed by atoms with E-state index >= 15 is 0 Å². The van der Waals surface area contributed by atoms with E-state index in [2.05, 4.69) is 10.3 Å². The zero-order valence-corrected chi connectivity index (χ0v) is 13.5. The summed E-state index contributed by atoms with van der Waals surface area (Å²) in [5.41, 5.74) is 7.74. The summed E-state index contributed by atoms with van der Waals surface area (Å²) in [7, 11) is 0. The summed E-state index contributed by atoms with van der Waals surface area (Å²) in [6, 6.07) is 9.98. The number of carbonyl (C=O) groups is 1. The molecule has 4 nitrogen and oxygen atoms in total. The van der Waals surface area contributed by atoms with Crippen molar-refractivity contribution >= 4 is 41.6 Å². The molecule has 0 spiro atoms. The van der Waals surface area contributed by atoms with Crippen LogP contribution in [0.3, 0.4) is 0 Å². The molecule has 0 saturated carbocycles. The minimum atomic E-state index is -0.0979. The molecule has 1 aromatic carbocycles. The van der Waals surface area contributed by atoms with E-state index in [-0.39, 0.29) is 36.8 Å². The van der Waals surface area contributed by atoms with Crippen LogP contribution >= 0.6 is 24.8 Å². The first-order valence-corrected chi connectivity index (χ1v) is 6.51. The molecule has 21 heavy (non-hydrogen) atoms. The molecule has 0 aliphatic carbocycles. The number of nitrogens with two attached hydrogens (primary N) is 1. The fourth-order valence-corrected chi connectivity index (χ4v) is 2.07. The number of pyridine rings is 1. The molecule has 1 amide bonds. The molecular formula is C15H21Cl2N3O. The van der Waals surface area contributed by atoms with Crippen molar-refractivity contribution in [3.63, 3.8) is 0 Å². The highest BCUT2D eigenvalue weighted by Gasteiger charge is 2.05. The zero-order valence-electron chi connectivity index (χ0n) is 11.9. The molecule has 1 heterocycles. The van der Waals surface area contributed by atoms with Crippen LogP contribution in [-0.2, 0) is 11.2 Å². The molecule has 1 aromatic heterocycles. The standard InChI is InChI=1S/C15H19N3O.2ClH/c1-11(16)10-14(19)17-9-7-13-5-2-4-12-6-3-8-18-15(12)13;;/h2-6,8,11H,7,9-10,16H2,1H3,(H,17,19);2*1H. The molecule has 3 N–H and O–H groups in total. The van der Waals surface area contributed by atoms with Gasteiger partial charge in [-0.2, -0.15) is 0 Å². The lowest BCUT2D eigenvalue weighted by Gasteiger charge is -2.08. The maximum atomic E-state index is 11.5. The lowest BCUT2D eigenvalue weighted by Crippen LogP contribution is -2.31. The van der Waals surface area contributed by atoms with Crippen LogP contribution < -0.4 is 11.1 Å². The molecule has 6 heteroatoms. The predicted molar refractivity (Wildman–Crippen MR) is 91.2 cm³/mol. The molecule has 0 saturated heterocycles. The molecule has 0 radical (unpaired) electrons. The van der Waals surface area contributed by atoms with Gasteiger partial charge in [0.15, 0.2) is 0 Å². The van der Waals surface area contributed by atoms with E-state index in [0.29, 0.717) is 13.0 Å². The van der Waals surface area contributed by atoms with Crippen molar-refractivity contribution < 1.29 is 4.79 Å². The number of hydrogen-bond donors (Lipinski definition) is 2. The molecule has 116 valence electrons. The summed E-state index contributed by atoms with van der Waals surface area (Å²) >= 11 is 0. The highest BCUT2D eigenvalue weighted by molar-refractivity contribution is 5.85. The summed E-state index contributed by atoms with van der Waals surface area (Å²) in [6.45, 7) is 2.44. The summed E-state index contributed by atoms with van der Waals surface area (Å²) in [5, 5.41) is 4.01. The van der Waals surface area contributed by atoms with Gasteiger partial charge in [-0.3, -0.25) is 9.78 Å². The van der Waals surface area contributed by atoms with E-state index in [4.69, 9.17) is 5.73 Å². The van der Waals surface area contributed by atoms with Crippen molar-refractivity contribution in [3.05, 3.63) is 42.1 Å². The van der Waals surface area contributed by atoms with Gasteiger partial charge in [-0.15, -0.1) is 24.8 Å². The van der Waals surface area contributed by atoms with Gasteiger partial charge in [0.1, 0.15) is 0 Å². The topological polar surface area (TPSA) is 68.0 Å². The van der Waals surface area contributed by atoms with Crippen LogP contribution in [0.5, 0.6) is 0 Å². The van der Waals surface area contributed by atoms with Gasteiger partial charge in [-0.05, 0) is 25.0 Å². The molecule has 0 bridgehead atoms. The summed E-state index contributed by atoms with van der Waals surface area (Å²) in [6.07, 6.45) is 2.94. The minimum Gasteiger partial charge on any atom is -0.356 e. The van der Waals surface area contributed by atoms with E-state index in [1.165, 1.54) is 0 Å². The van der Waals surface area contributed by atoms with Crippen LogP contribution in [0, 0.1) is 0 Å². The van der Waals surface area contributed by atoms with Crippen LogP contribution in [0.1, 0.15) is 18.9 Å². The van der Waals surface area contributed by atoms with Gasteiger partial charge in [0.05, 0.1) is 5.52 Å². The van der Waals surface area contributed by atoms with Crippen LogP contribution in [-0.4, -0.2) is 23.5 Å². The van der Waals surface area contributed by atoms with Crippen LogP contribution in [0.2, 0.25) is 0 Å². The number of aromatic nitrogens is 1. The number of halogens is 2. The van der Waals surface area contributed by atoms with Crippen molar-refractivity contribution in [1.82, 2.24) is 10.3 Å². The Hall–Kier alpha value is -1.36. The number of hydrogen-bond acceptors (Lipinski definition) is 3. The Kier molecular flexibility index (Phi) is 8.93. The maximum absolute atomic E-state index is 11.5. The third kappa shape index (κ3) is 5.87. The number of carbonyl (C=O) groups excluding carboxylic acids is 1. The second-order valence-corrected chi connectivity index (χ2v) is 4.77. The normalized spacial score (nSPS) is 11.1. The zero-order chi connectivity index (χ0) is 13.7. The summed E-state index contributed by atoms with van der Waals surface area (Å²) in [5.74, 6) is 0.00296. The van der Waals surface area contributed by atoms with E-state index in [9.17, 15) is 4.79 Å². The quantitative estimate of drug-likeness (QED) is 0.885. The van der Waals surface area contributed by atoms with Gasteiger partial charge in [0.2, 0.25) is 5.91 Å². The first-order valence-electron chi connectivity index (χ1n) is 6.51. The van der Waals surface area contributed by atoms with Gasteiger partial charge in [-0.1, -0.05) is 24.3 Å². The Labute approximate surface area is 137 Å². The van der Waals surface area contributed by atoms with Crippen molar-refractivity contribution in [1.29, 1.82) is 0 Å². The van der Waals surface area contributed by atoms with E-state index < -0.39 is 0 Å². The highest BCUT2D eigenvalue weighted by atomic mass is 35.5. The number of nitrogens with one attached hydrogen (secondary N) is 1. The Bertz CT molecular complexity index is 570. The van der Waals surface area contributed by atoms with E-state index in [1.807, 2.05) is 37.3 Å². The van der Waals surface area contributed by atoms with Crippen molar-refractivity contribution in [2.45, 2.75) is 25.8 Å². The second-order valence-electron chi connectivity index (χ2n) is 4.77. The summed E-state index contributed by atoms with van der Waals surface area (Å²) in [4.78, 5) is 15.9. The Morgan fingerprint density at radius 1 is 1.29 bits per heavy atom. The molecule has 0 fully saturated rings. The number of rotatable bonds is 5. The maximum Gasteiger partial charge on any atom is 0.221 e. The third-order valence-corrected chi connectivity index (χ3v) is 2.94. The van der Waals surface area contributed by atoms with Crippen molar-refractivity contribution in [3.8, 4) is 0 Å². The number of fused-ring (bicyclic) bond motifs is 1. The van der Waals surface area contributed by atoms with Crippen molar-refractivity contribution in [2.24, 2.45) is 5.73 Å². The first kappa shape index (κ1) is 19.6. The number of para-hydroxylation sites is 1. The van der Waals surface area contributed by atoms with E-state index in [1.54, 1.807) is 6.20 Å². The molecule has 0 aliphatic rings. The lowest BCUT2D eigenvalue weighted by molar-refractivity contribution is -0.121. The van der Waals surface area contributed by atoms with Gasteiger partial charge < -0.3 is 11.1 Å². The number of amides is 1. The lowest BCUT2D eigenvalue weighted by atomic mass is 10.1. The number of nitrogens with zero attached hydrogens (tertiary/aromatic N) is 1. The second kappa shape index (κ2) is 9.55. The minimum absolute atomic E-state index is 0. The Morgan fingerprint density at radius 2 is 2.00 bits per heavy atom. The Morgan fingerprint density at radius 3 is 2.71 bits per heavy atom. The summed E-state index contributed by atoms with van der Waals surface area (Å²) < 4.78 is 0. The van der Waals surface area contributed by atoms with Gasteiger partial charge >= 0.3 is 0 Å². The van der Waals surface area contributed by atoms with Gasteiger partial charge in [0.25, 0.3) is 0 Å².